The largest absolute Gasteiger partial charge is 0.494 e. The molecule has 1 aromatic heterocycles. The fourth-order valence-electron chi connectivity index (χ4n) is 2.83. The Balaban J connectivity index is 1.91. The Bertz CT molecular complexity index is 675. The van der Waals surface area contributed by atoms with Gasteiger partial charge < -0.3 is 15.0 Å². The lowest BCUT2D eigenvalue weighted by Gasteiger charge is -2.31. The van der Waals surface area contributed by atoms with Crippen molar-refractivity contribution in [2.75, 3.05) is 20.2 Å². The first kappa shape index (κ1) is 20.5. The number of nitrogens with zero attached hydrogens (tertiary/aromatic N) is 1. The molecule has 1 heterocycles. The van der Waals surface area contributed by atoms with Gasteiger partial charge in [-0.2, -0.15) is 0 Å². The van der Waals surface area contributed by atoms with Crippen LogP contribution in [0, 0.1) is 5.41 Å². The van der Waals surface area contributed by atoms with Crippen LogP contribution in [0.4, 0.5) is 0 Å². The molecule has 5 heteroatoms. The van der Waals surface area contributed by atoms with E-state index in [9.17, 15) is 4.79 Å². The van der Waals surface area contributed by atoms with Crippen LogP contribution in [0.1, 0.15) is 44.2 Å². The monoisotopic (exact) mass is 374 g/mol. The maximum absolute atomic E-state index is 12.6. The lowest BCUT2D eigenvalue weighted by atomic mass is 9.86. The molecule has 0 saturated heterocycles. The van der Waals surface area contributed by atoms with Crippen LogP contribution in [-0.4, -0.2) is 31.0 Å². The summed E-state index contributed by atoms with van der Waals surface area (Å²) in [5, 5.41) is 5.53. The van der Waals surface area contributed by atoms with Gasteiger partial charge in [0.2, 0.25) is 5.91 Å². The lowest BCUT2D eigenvalue weighted by molar-refractivity contribution is -0.129. The molecule has 0 saturated carbocycles. The highest BCUT2D eigenvalue weighted by molar-refractivity contribution is 7.10. The van der Waals surface area contributed by atoms with Crippen molar-refractivity contribution in [3.63, 3.8) is 0 Å². The third kappa shape index (κ3) is 5.85. The third-order valence-corrected chi connectivity index (χ3v) is 5.17. The molecule has 2 rings (SSSR count). The number of likely N-dealkylation sites (N-methyl/N-ethyl adjacent to an activating group) is 1. The highest BCUT2D eigenvalue weighted by Gasteiger charge is 2.27. The van der Waals surface area contributed by atoms with E-state index in [4.69, 9.17) is 4.74 Å². The molecule has 0 aliphatic heterocycles. The number of hydrogen-bond donors (Lipinski definition) is 1. The SMILES string of the molecule is CCOc1ccc(CN(C)C(=O)CNC(c2cccs2)C(C)(C)C)cc1. The van der Waals surface area contributed by atoms with Crippen LogP contribution in [0.15, 0.2) is 41.8 Å². The van der Waals surface area contributed by atoms with Crippen molar-refractivity contribution in [3.05, 3.63) is 52.2 Å². The first-order chi connectivity index (χ1) is 12.3. The highest BCUT2D eigenvalue weighted by atomic mass is 32.1. The van der Waals surface area contributed by atoms with Crippen molar-refractivity contribution in [1.29, 1.82) is 0 Å². The topological polar surface area (TPSA) is 41.6 Å². The maximum Gasteiger partial charge on any atom is 0.236 e. The number of rotatable bonds is 8. The first-order valence-electron chi connectivity index (χ1n) is 9.03. The van der Waals surface area contributed by atoms with Crippen LogP contribution >= 0.6 is 11.3 Å². The molecule has 0 fully saturated rings. The first-order valence-corrected chi connectivity index (χ1v) is 9.91. The van der Waals surface area contributed by atoms with E-state index < -0.39 is 0 Å². The number of amides is 1. The van der Waals surface area contributed by atoms with Gasteiger partial charge in [-0.3, -0.25) is 4.79 Å². The minimum absolute atomic E-state index is 0.0405. The third-order valence-electron chi connectivity index (χ3n) is 4.23. The number of carbonyl (C=O) groups excluding carboxylic acids is 1. The average Bonchev–Trinajstić information content (AvgIpc) is 3.09. The van der Waals surface area contributed by atoms with Crippen LogP contribution in [0.3, 0.4) is 0 Å². The van der Waals surface area contributed by atoms with Crippen molar-refractivity contribution in [2.24, 2.45) is 5.41 Å². The molecule has 1 amide bonds. The molecule has 26 heavy (non-hydrogen) atoms. The number of benzene rings is 1. The predicted octanol–water partition coefficient (Wildman–Crippen LogP) is 4.48. The van der Waals surface area contributed by atoms with Gasteiger partial charge in [-0.05, 0) is 41.5 Å². The number of hydrogen-bond acceptors (Lipinski definition) is 4. The second kappa shape index (κ2) is 9.19. The number of nitrogens with one attached hydrogen (secondary N) is 1. The minimum atomic E-state index is 0.0405. The van der Waals surface area contributed by atoms with Gasteiger partial charge in [0.05, 0.1) is 13.2 Å². The molecule has 0 spiro atoms. The Morgan fingerprint density at radius 3 is 2.46 bits per heavy atom. The molecule has 1 aromatic carbocycles. The molecule has 1 N–H and O–H groups in total. The summed E-state index contributed by atoms with van der Waals surface area (Å²) in [5.74, 6) is 0.945. The molecule has 1 unspecified atom stereocenters. The van der Waals surface area contributed by atoms with Gasteiger partial charge in [-0.1, -0.05) is 39.0 Å². The summed E-state index contributed by atoms with van der Waals surface area (Å²) in [4.78, 5) is 15.6. The molecule has 2 aromatic rings. The van der Waals surface area contributed by atoms with Gasteiger partial charge in [-0.25, -0.2) is 0 Å². The van der Waals surface area contributed by atoms with Crippen molar-refractivity contribution in [1.82, 2.24) is 10.2 Å². The molecular formula is C21H30N2O2S. The smallest absolute Gasteiger partial charge is 0.236 e. The second-order valence-electron chi connectivity index (χ2n) is 7.52. The Hall–Kier alpha value is -1.85. The Morgan fingerprint density at radius 2 is 1.92 bits per heavy atom. The molecule has 1 atom stereocenters. The molecule has 0 aliphatic rings. The highest BCUT2D eigenvalue weighted by Crippen LogP contribution is 2.34. The van der Waals surface area contributed by atoms with Gasteiger partial charge in [0.25, 0.3) is 0 Å². The van der Waals surface area contributed by atoms with Crippen LogP contribution in [0.25, 0.3) is 0 Å². The van der Waals surface area contributed by atoms with Crippen molar-refractivity contribution < 1.29 is 9.53 Å². The van der Waals surface area contributed by atoms with Crippen LogP contribution in [0.2, 0.25) is 0 Å². The average molecular weight is 375 g/mol. The fourth-order valence-corrected chi connectivity index (χ4v) is 3.88. The minimum Gasteiger partial charge on any atom is -0.494 e. The quantitative estimate of drug-likeness (QED) is 0.740. The van der Waals surface area contributed by atoms with Crippen molar-refractivity contribution in [2.45, 2.75) is 40.3 Å². The van der Waals surface area contributed by atoms with Crippen LogP contribution in [0.5, 0.6) is 5.75 Å². The number of carbonyl (C=O) groups is 1. The van der Waals surface area contributed by atoms with Crippen LogP contribution in [-0.2, 0) is 11.3 Å². The standard InChI is InChI=1S/C21H30N2O2S/c1-6-25-17-11-9-16(10-12-17)15-23(5)19(24)14-22-20(21(2,3)4)18-8-7-13-26-18/h7-13,20,22H,6,14-15H2,1-5H3. The summed E-state index contributed by atoms with van der Waals surface area (Å²) < 4.78 is 5.46. The molecule has 0 aliphatic carbocycles. The Morgan fingerprint density at radius 1 is 1.23 bits per heavy atom. The molecule has 0 radical (unpaired) electrons. The van der Waals surface area contributed by atoms with E-state index in [1.165, 1.54) is 4.88 Å². The van der Waals surface area contributed by atoms with Gasteiger partial charge in [0.15, 0.2) is 0 Å². The Labute approximate surface area is 161 Å². The van der Waals surface area contributed by atoms with E-state index in [1.807, 2.05) is 38.2 Å². The van der Waals surface area contributed by atoms with E-state index in [0.29, 0.717) is 19.7 Å². The Kier molecular flexibility index (Phi) is 7.23. The van der Waals surface area contributed by atoms with Crippen LogP contribution < -0.4 is 10.1 Å². The summed E-state index contributed by atoms with van der Waals surface area (Å²) in [6.07, 6.45) is 0. The summed E-state index contributed by atoms with van der Waals surface area (Å²) in [6, 6.07) is 12.2. The van der Waals surface area contributed by atoms with E-state index in [0.717, 1.165) is 11.3 Å². The molecule has 4 nitrogen and oxygen atoms in total. The normalized spacial score (nSPS) is 12.7. The van der Waals surface area contributed by atoms with Gasteiger partial charge >= 0.3 is 0 Å². The fraction of sp³-hybridized carbons (Fsp3) is 0.476. The molecule has 0 bridgehead atoms. The predicted molar refractivity (Wildman–Crippen MR) is 109 cm³/mol. The summed E-state index contributed by atoms with van der Waals surface area (Å²) in [5.41, 5.74) is 1.13. The zero-order chi connectivity index (χ0) is 19.2. The van der Waals surface area contributed by atoms with E-state index in [-0.39, 0.29) is 17.4 Å². The zero-order valence-corrected chi connectivity index (χ0v) is 17.2. The van der Waals surface area contributed by atoms with Gasteiger partial charge in [0, 0.05) is 24.5 Å². The second-order valence-corrected chi connectivity index (χ2v) is 8.50. The zero-order valence-electron chi connectivity index (χ0n) is 16.4. The maximum atomic E-state index is 12.6. The van der Waals surface area contributed by atoms with Crippen molar-refractivity contribution in [3.8, 4) is 5.75 Å². The molecular weight excluding hydrogens is 344 g/mol. The summed E-state index contributed by atoms with van der Waals surface area (Å²) in [6.45, 7) is 10.1. The van der Waals surface area contributed by atoms with Gasteiger partial charge in [-0.15, -0.1) is 11.3 Å². The van der Waals surface area contributed by atoms with E-state index >= 15 is 0 Å². The lowest BCUT2D eigenvalue weighted by Crippen LogP contribution is -2.40. The number of ether oxygens (including phenoxy) is 1. The van der Waals surface area contributed by atoms with E-state index in [1.54, 1.807) is 16.2 Å². The van der Waals surface area contributed by atoms with Gasteiger partial charge in [0.1, 0.15) is 5.75 Å². The van der Waals surface area contributed by atoms with Crippen molar-refractivity contribution >= 4 is 17.2 Å². The summed E-state index contributed by atoms with van der Waals surface area (Å²) >= 11 is 1.73. The van der Waals surface area contributed by atoms with E-state index in [2.05, 4.69) is 43.6 Å². The molecule has 142 valence electrons. The number of thiophene rings is 1. The summed E-state index contributed by atoms with van der Waals surface area (Å²) in [7, 11) is 1.84.